The molecule has 0 spiro atoms. The van der Waals surface area contributed by atoms with Crippen LogP contribution in [0.1, 0.15) is 29.5 Å². The highest BCUT2D eigenvalue weighted by molar-refractivity contribution is 5.33. The van der Waals surface area contributed by atoms with Gasteiger partial charge in [-0.25, -0.2) is 0 Å². The third kappa shape index (κ3) is 2.28. The van der Waals surface area contributed by atoms with Crippen LogP contribution in [0.2, 0.25) is 0 Å². The van der Waals surface area contributed by atoms with Crippen LogP contribution in [0, 0.1) is 13.8 Å². The predicted molar refractivity (Wildman–Crippen MR) is 66.5 cm³/mol. The minimum absolute atomic E-state index is 0.649. The fourth-order valence-electron chi connectivity index (χ4n) is 2.73. The van der Waals surface area contributed by atoms with Crippen molar-refractivity contribution in [1.29, 1.82) is 0 Å². The van der Waals surface area contributed by atoms with Crippen molar-refractivity contribution in [2.75, 3.05) is 20.1 Å². The van der Waals surface area contributed by atoms with E-state index in [-0.39, 0.29) is 0 Å². The number of hydrogen-bond donors (Lipinski definition) is 1. The Balaban J connectivity index is 2.34. The number of piperidine rings is 1. The van der Waals surface area contributed by atoms with E-state index in [1.54, 1.807) is 0 Å². The van der Waals surface area contributed by atoms with Crippen molar-refractivity contribution in [2.45, 2.75) is 32.3 Å². The highest BCUT2D eigenvalue weighted by atomic mass is 16.3. The molecule has 1 N–H and O–H groups in total. The average Bonchev–Trinajstić information content (AvgIpc) is 2.15. The zero-order valence-corrected chi connectivity index (χ0v) is 10.5. The van der Waals surface area contributed by atoms with Gasteiger partial charge < -0.3 is 10.0 Å². The van der Waals surface area contributed by atoms with E-state index >= 15 is 0 Å². The van der Waals surface area contributed by atoms with Crippen molar-refractivity contribution in [3.05, 3.63) is 34.9 Å². The molecule has 1 aromatic rings. The first-order valence-electron chi connectivity index (χ1n) is 5.99. The summed E-state index contributed by atoms with van der Waals surface area (Å²) in [5.74, 6) is 0. The van der Waals surface area contributed by atoms with Crippen molar-refractivity contribution < 1.29 is 5.11 Å². The lowest BCUT2D eigenvalue weighted by molar-refractivity contribution is -0.0278. The van der Waals surface area contributed by atoms with Crippen LogP contribution in [0.5, 0.6) is 0 Å². The van der Waals surface area contributed by atoms with Gasteiger partial charge in [-0.1, -0.05) is 29.3 Å². The summed E-state index contributed by atoms with van der Waals surface area (Å²) in [7, 11) is 2.08. The Morgan fingerprint density at radius 2 is 1.81 bits per heavy atom. The first kappa shape index (κ1) is 11.6. The van der Waals surface area contributed by atoms with Gasteiger partial charge in [0.05, 0.1) is 0 Å². The second-order valence-electron chi connectivity index (χ2n) is 5.25. The van der Waals surface area contributed by atoms with E-state index < -0.39 is 5.60 Å². The maximum atomic E-state index is 10.7. The monoisotopic (exact) mass is 219 g/mol. The minimum atomic E-state index is -0.649. The second kappa shape index (κ2) is 4.19. The van der Waals surface area contributed by atoms with Gasteiger partial charge in [0.1, 0.15) is 5.60 Å². The van der Waals surface area contributed by atoms with Gasteiger partial charge in [0.2, 0.25) is 0 Å². The number of aryl methyl sites for hydroxylation is 2. The number of rotatable bonds is 1. The fourth-order valence-corrected chi connectivity index (χ4v) is 2.73. The molecule has 1 aromatic carbocycles. The maximum Gasteiger partial charge on any atom is 0.102 e. The molecule has 1 saturated heterocycles. The molecule has 1 heterocycles. The van der Waals surface area contributed by atoms with Gasteiger partial charge in [-0.05, 0) is 45.8 Å². The number of hydrogen-bond acceptors (Lipinski definition) is 2. The number of benzene rings is 1. The van der Waals surface area contributed by atoms with Crippen LogP contribution in [0.3, 0.4) is 0 Å². The number of likely N-dealkylation sites (tertiary alicyclic amines) is 1. The highest BCUT2D eigenvalue weighted by Crippen LogP contribution is 2.31. The van der Waals surface area contributed by atoms with E-state index in [9.17, 15) is 5.11 Å². The first-order valence-corrected chi connectivity index (χ1v) is 5.99. The molecule has 0 aliphatic carbocycles. The normalized spacial score (nSPS) is 27.0. The third-order valence-electron chi connectivity index (χ3n) is 3.42. The van der Waals surface area contributed by atoms with Gasteiger partial charge in [-0.2, -0.15) is 0 Å². The molecule has 0 bridgehead atoms. The molecule has 88 valence electrons. The van der Waals surface area contributed by atoms with Gasteiger partial charge in [0, 0.05) is 6.54 Å². The molecular weight excluding hydrogens is 198 g/mol. The quantitative estimate of drug-likeness (QED) is 0.783. The smallest absolute Gasteiger partial charge is 0.102 e. The molecule has 2 heteroatoms. The largest absolute Gasteiger partial charge is 0.384 e. The zero-order chi connectivity index (χ0) is 11.8. The topological polar surface area (TPSA) is 23.5 Å². The summed E-state index contributed by atoms with van der Waals surface area (Å²) in [6.07, 6.45) is 1.94. The Bertz CT molecular complexity index is 368. The molecule has 1 fully saturated rings. The van der Waals surface area contributed by atoms with Gasteiger partial charge in [0.15, 0.2) is 0 Å². The lowest BCUT2D eigenvalue weighted by Gasteiger charge is -2.38. The van der Waals surface area contributed by atoms with Gasteiger partial charge in [-0.15, -0.1) is 0 Å². The highest BCUT2D eigenvalue weighted by Gasteiger charge is 2.33. The van der Waals surface area contributed by atoms with Crippen molar-refractivity contribution in [2.24, 2.45) is 0 Å². The van der Waals surface area contributed by atoms with Crippen molar-refractivity contribution in [3.8, 4) is 0 Å². The molecule has 0 radical (unpaired) electrons. The summed E-state index contributed by atoms with van der Waals surface area (Å²) in [4.78, 5) is 2.21. The van der Waals surface area contributed by atoms with E-state index in [0.29, 0.717) is 0 Å². The summed E-state index contributed by atoms with van der Waals surface area (Å²) in [5.41, 5.74) is 2.90. The van der Waals surface area contributed by atoms with E-state index in [0.717, 1.165) is 31.5 Å². The Morgan fingerprint density at radius 3 is 2.38 bits per heavy atom. The standard InChI is InChI=1S/C14H21NO/c1-11-7-12(2)9-13(8-11)14(16)5-4-6-15(3)10-14/h7-9,16H,4-6,10H2,1-3H3. The maximum absolute atomic E-state index is 10.7. The fraction of sp³-hybridized carbons (Fsp3) is 0.571. The van der Waals surface area contributed by atoms with Crippen molar-refractivity contribution in [3.63, 3.8) is 0 Å². The molecule has 2 nitrogen and oxygen atoms in total. The molecular formula is C14H21NO. The number of β-amino-alcohol motifs (C(OH)–C–C–N with tert-alkyl or cyclic N) is 1. The van der Waals surface area contributed by atoms with E-state index in [2.05, 4.69) is 44.0 Å². The Kier molecular flexibility index (Phi) is 3.04. The number of nitrogens with zero attached hydrogens (tertiary/aromatic N) is 1. The van der Waals surface area contributed by atoms with E-state index in [4.69, 9.17) is 0 Å². The molecule has 2 rings (SSSR count). The summed E-state index contributed by atoms with van der Waals surface area (Å²) in [6.45, 7) is 6.02. The van der Waals surface area contributed by atoms with Crippen LogP contribution in [-0.2, 0) is 5.60 Å². The average molecular weight is 219 g/mol. The Labute approximate surface area is 97.9 Å². The summed E-state index contributed by atoms with van der Waals surface area (Å²) >= 11 is 0. The van der Waals surface area contributed by atoms with Crippen molar-refractivity contribution >= 4 is 0 Å². The molecule has 1 unspecified atom stereocenters. The molecule has 1 atom stereocenters. The van der Waals surface area contributed by atoms with E-state index in [1.807, 2.05) is 0 Å². The number of likely N-dealkylation sites (N-methyl/N-ethyl adjacent to an activating group) is 1. The van der Waals surface area contributed by atoms with Gasteiger partial charge >= 0.3 is 0 Å². The van der Waals surface area contributed by atoms with Crippen LogP contribution >= 0.6 is 0 Å². The molecule has 1 aliphatic rings. The summed E-state index contributed by atoms with van der Waals surface area (Å²) in [5, 5.41) is 10.7. The second-order valence-corrected chi connectivity index (χ2v) is 5.25. The molecule has 0 saturated carbocycles. The van der Waals surface area contributed by atoms with Crippen molar-refractivity contribution in [1.82, 2.24) is 4.90 Å². The summed E-state index contributed by atoms with van der Waals surface area (Å²) < 4.78 is 0. The molecule has 0 amide bonds. The van der Waals surface area contributed by atoms with Crippen LogP contribution < -0.4 is 0 Å². The third-order valence-corrected chi connectivity index (χ3v) is 3.42. The summed E-state index contributed by atoms with van der Waals surface area (Å²) in [6, 6.07) is 6.39. The SMILES string of the molecule is Cc1cc(C)cc(C2(O)CCCN(C)C2)c1. The van der Waals surface area contributed by atoms with Crippen LogP contribution in [-0.4, -0.2) is 30.1 Å². The van der Waals surface area contributed by atoms with Gasteiger partial charge in [-0.3, -0.25) is 0 Å². The predicted octanol–water partition coefficient (Wildman–Crippen LogP) is 2.22. The van der Waals surface area contributed by atoms with Crippen LogP contribution in [0.25, 0.3) is 0 Å². The molecule has 0 aromatic heterocycles. The lowest BCUT2D eigenvalue weighted by atomic mass is 9.84. The number of aliphatic hydroxyl groups is 1. The van der Waals surface area contributed by atoms with Gasteiger partial charge in [0.25, 0.3) is 0 Å². The zero-order valence-electron chi connectivity index (χ0n) is 10.5. The van der Waals surface area contributed by atoms with Crippen LogP contribution in [0.4, 0.5) is 0 Å². The first-order chi connectivity index (χ1) is 7.49. The molecule has 1 aliphatic heterocycles. The lowest BCUT2D eigenvalue weighted by Crippen LogP contribution is -2.44. The Hall–Kier alpha value is -0.860. The minimum Gasteiger partial charge on any atom is -0.384 e. The van der Waals surface area contributed by atoms with Crippen LogP contribution in [0.15, 0.2) is 18.2 Å². The molecule has 16 heavy (non-hydrogen) atoms. The Morgan fingerprint density at radius 1 is 1.19 bits per heavy atom. The van der Waals surface area contributed by atoms with E-state index in [1.165, 1.54) is 11.1 Å².